The highest BCUT2D eigenvalue weighted by Gasteiger charge is 2.20. The Morgan fingerprint density at radius 1 is 1.30 bits per heavy atom. The maximum Gasteiger partial charge on any atom is 0.219 e. The minimum absolute atomic E-state index is 0.203. The Bertz CT molecular complexity index is 481. The average molecular weight is 316 g/mol. The highest BCUT2D eigenvalue weighted by Crippen LogP contribution is 2.20. The van der Waals surface area contributed by atoms with Crippen LogP contribution in [0.1, 0.15) is 63.5 Å². The largest absolute Gasteiger partial charge is 0.356 e. The third kappa shape index (κ3) is 5.98. The second kappa shape index (κ2) is 9.07. The summed E-state index contributed by atoms with van der Waals surface area (Å²) in [6.45, 7) is 10.6. The fraction of sp³-hybridized carbons (Fsp3) is 0.650. The standard InChI is InChI=1S/C20H32N2O/c1-4-6-20(23)21-13-18-7-5-12-22(15-18)14-17-8-10-19(11-9-17)16(2)3/h8-11,16,18H,4-7,12-15H2,1-3H3,(H,21,23). The molecule has 1 aliphatic heterocycles. The number of hydrogen-bond donors (Lipinski definition) is 1. The van der Waals surface area contributed by atoms with Crippen molar-refractivity contribution in [1.29, 1.82) is 0 Å². The first-order valence-electron chi connectivity index (χ1n) is 9.16. The molecule has 1 aromatic rings. The van der Waals surface area contributed by atoms with E-state index in [4.69, 9.17) is 0 Å². The van der Waals surface area contributed by atoms with Crippen molar-refractivity contribution in [3.63, 3.8) is 0 Å². The van der Waals surface area contributed by atoms with Crippen molar-refractivity contribution in [3.8, 4) is 0 Å². The van der Waals surface area contributed by atoms with Crippen LogP contribution in [0.2, 0.25) is 0 Å². The molecule has 0 bridgehead atoms. The summed E-state index contributed by atoms with van der Waals surface area (Å²) in [5.41, 5.74) is 2.80. The fourth-order valence-corrected chi connectivity index (χ4v) is 3.30. The zero-order chi connectivity index (χ0) is 16.7. The van der Waals surface area contributed by atoms with Gasteiger partial charge in [-0.2, -0.15) is 0 Å². The molecule has 0 saturated carbocycles. The number of nitrogens with zero attached hydrogens (tertiary/aromatic N) is 1. The van der Waals surface area contributed by atoms with Crippen molar-refractivity contribution >= 4 is 5.91 Å². The molecule has 1 aliphatic rings. The van der Waals surface area contributed by atoms with Gasteiger partial charge in [0.1, 0.15) is 0 Å². The van der Waals surface area contributed by atoms with E-state index < -0.39 is 0 Å². The predicted molar refractivity (Wildman–Crippen MR) is 96.4 cm³/mol. The lowest BCUT2D eigenvalue weighted by Crippen LogP contribution is -2.40. The van der Waals surface area contributed by atoms with Gasteiger partial charge in [0.2, 0.25) is 5.91 Å². The number of amides is 1. The van der Waals surface area contributed by atoms with Gasteiger partial charge in [0, 0.05) is 26.1 Å². The van der Waals surface area contributed by atoms with E-state index in [1.165, 1.54) is 30.5 Å². The van der Waals surface area contributed by atoms with Crippen LogP contribution in [0, 0.1) is 5.92 Å². The van der Waals surface area contributed by atoms with Crippen LogP contribution >= 0.6 is 0 Å². The second-order valence-electron chi connectivity index (χ2n) is 7.19. The lowest BCUT2D eigenvalue weighted by Gasteiger charge is -2.33. The minimum atomic E-state index is 0.203. The molecule has 1 fully saturated rings. The normalized spacial score (nSPS) is 19.0. The molecule has 1 unspecified atom stereocenters. The van der Waals surface area contributed by atoms with Crippen molar-refractivity contribution in [2.45, 2.75) is 58.9 Å². The maximum absolute atomic E-state index is 11.6. The van der Waals surface area contributed by atoms with Gasteiger partial charge < -0.3 is 5.32 Å². The fourth-order valence-electron chi connectivity index (χ4n) is 3.30. The summed E-state index contributed by atoms with van der Waals surface area (Å²) in [7, 11) is 0. The van der Waals surface area contributed by atoms with Gasteiger partial charge in [0.25, 0.3) is 0 Å². The van der Waals surface area contributed by atoms with Crippen LogP contribution < -0.4 is 5.32 Å². The molecule has 1 heterocycles. The molecule has 128 valence electrons. The van der Waals surface area contributed by atoms with Crippen LogP contribution in [0.3, 0.4) is 0 Å². The van der Waals surface area contributed by atoms with Gasteiger partial charge in [0.15, 0.2) is 0 Å². The van der Waals surface area contributed by atoms with E-state index in [9.17, 15) is 4.79 Å². The molecule has 1 amide bonds. The van der Waals surface area contributed by atoms with Crippen molar-refractivity contribution < 1.29 is 4.79 Å². The first kappa shape index (κ1) is 18.0. The van der Waals surface area contributed by atoms with Crippen molar-refractivity contribution in [2.24, 2.45) is 5.92 Å². The van der Waals surface area contributed by atoms with E-state index in [1.54, 1.807) is 0 Å². The number of carbonyl (C=O) groups is 1. The van der Waals surface area contributed by atoms with Gasteiger partial charge >= 0.3 is 0 Å². The van der Waals surface area contributed by atoms with E-state index >= 15 is 0 Å². The number of piperidine rings is 1. The molecule has 0 radical (unpaired) electrons. The Morgan fingerprint density at radius 2 is 2.04 bits per heavy atom. The molecule has 1 atom stereocenters. The number of nitrogens with one attached hydrogen (secondary N) is 1. The minimum Gasteiger partial charge on any atom is -0.356 e. The Kier molecular flexibility index (Phi) is 7.10. The highest BCUT2D eigenvalue weighted by molar-refractivity contribution is 5.75. The van der Waals surface area contributed by atoms with E-state index in [-0.39, 0.29) is 5.91 Å². The Hall–Kier alpha value is -1.35. The summed E-state index contributed by atoms with van der Waals surface area (Å²) < 4.78 is 0. The van der Waals surface area contributed by atoms with Gasteiger partial charge in [-0.05, 0) is 48.8 Å². The second-order valence-corrected chi connectivity index (χ2v) is 7.19. The first-order valence-corrected chi connectivity index (χ1v) is 9.16. The summed E-state index contributed by atoms with van der Waals surface area (Å²) >= 11 is 0. The molecular weight excluding hydrogens is 284 g/mol. The summed E-state index contributed by atoms with van der Waals surface area (Å²) in [6.07, 6.45) is 4.04. The van der Waals surface area contributed by atoms with Crippen LogP contribution in [-0.2, 0) is 11.3 Å². The van der Waals surface area contributed by atoms with Crippen molar-refractivity contribution in [3.05, 3.63) is 35.4 Å². The summed E-state index contributed by atoms with van der Waals surface area (Å²) in [5.74, 6) is 1.39. The number of hydrogen-bond acceptors (Lipinski definition) is 2. The molecule has 0 aromatic heterocycles. The SMILES string of the molecule is CCCC(=O)NCC1CCCN(Cc2ccc(C(C)C)cc2)C1. The summed E-state index contributed by atoms with van der Waals surface area (Å²) in [6, 6.07) is 9.04. The van der Waals surface area contributed by atoms with Crippen LogP contribution in [0.5, 0.6) is 0 Å². The molecule has 0 spiro atoms. The van der Waals surface area contributed by atoms with Crippen molar-refractivity contribution in [2.75, 3.05) is 19.6 Å². The molecular formula is C20H32N2O. The van der Waals surface area contributed by atoms with Gasteiger partial charge in [0.05, 0.1) is 0 Å². The predicted octanol–water partition coefficient (Wildman–Crippen LogP) is 3.94. The van der Waals surface area contributed by atoms with Crippen LogP contribution in [0.4, 0.5) is 0 Å². The van der Waals surface area contributed by atoms with E-state index in [1.807, 2.05) is 6.92 Å². The third-order valence-electron chi connectivity index (χ3n) is 4.72. The molecule has 23 heavy (non-hydrogen) atoms. The van der Waals surface area contributed by atoms with E-state index in [2.05, 4.69) is 48.3 Å². The van der Waals surface area contributed by atoms with Crippen LogP contribution in [0.15, 0.2) is 24.3 Å². The quantitative estimate of drug-likeness (QED) is 0.826. The molecule has 0 aliphatic carbocycles. The first-order chi connectivity index (χ1) is 11.1. The number of carbonyl (C=O) groups excluding carboxylic acids is 1. The summed E-state index contributed by atoms with van der Waals surface area (Å²) in [5, 5.41) is 3.09. The van der Waals surface area contributed by atoms with Gasteiger partial charge in [-0.3, -0.25) is 9.69 Å². The molecule has 3 heteroatoms. The van der Waals surface area contributed by atoms with Gasteiger partial charge in [-0.15, -0.1) is 0 Å². The van der Waals surface area contributed by atoms with E-state index in [0.29, 0.717) is 18.3 Å². The molecule has 3 nitrogen and oxygen atoms in total. The Morgan fingerprint density at radius 3 is 2.70 bits per heavy atom. The number of likely N-dealkylation sites (tertiary alicyclic amines) is 1. The average Bonchev–Trinajstić information content (AvgIpc) is 2.54. The van der Waals surface area contributed by atoms with Crippen LogP contribution in [0.25, 0.3) is 0 Å². The monoisotopic (exact) mass is 316 g/mol. The smallest absolute Gasteiger partial charge is 0.219 e. The van der Waals surface area contributed by atoms with Gasteiger partial charge in [-0.1, -0.05) is 45.0 Å². The molecule has 1 saturated heterocycles. The lowest BCUT2D eigenvalue weighted by atomic mass is 9.97. The van der Waals surface area contributed by atoms with E-state index in [0.717, 1.165) is 26.1 Å². The zero-order valence-corrected chi connectivity index (χ0v) is 15.0. The van der Waals surface area contributed by atoms with Crippen LogP contribution in [-0.4, -0.2) is 30.4 Å². The Labute approximate surface area is 141 Å². The number of rotatable bonds is 7. The molecule has 2 rings (SSSR count). The Balaban J connectivity index is 1.80. The lowest BCUT2D eigenvalue weighted by molar-refractivity contribution is -0.121. The number of benzene rings is 1. The topological polar surface area (TPSA) is 32.3 Å². The van der Waals surface area contributed by atoms with Gasteiger partial charge in [-0.25, -0.2) is 0 Å². The summed E-state index contributed by atoms with van der Waals surface area (Å²) in [4.78, 5) is 14.2. The highest BCUT2D eigenvalue weighted by atomic mass is 16.1. The molecule has 1 aromatic carbocycles. The molecule has 1 N–H and O–H groups in total. The third-order valence-corrected chi connectivity index (χ3v) is 4.72. The van der Waals surface area contributed by atoms with Crippen molar-refractivity contribution in [1.82, 2.24) is 10.2 Å². The maximum atomic E-state index is 11.6. The zero-order valence-electron chi connectivity index (χ0n) is 15.0.